The van der Waals surface area contributed by atoms with Crippen LogP contribution in [0, 0.1) is 20.8 Å². The fourth-order valence-corrected chi connectivity index (χ4v) is 7.22. The average molecular weight is 1020 g/mol. The number of aromatic nitrogens is 6. The highest BCUT2D eigenvalue weighted by molar-refractivity contribution is 5.29. The molecule has 0 saturated heterocycles. The van der Waals surface area contributed by atoms with Crippen molar-refractivity contribution in [3.63, 3.8) is 0 Å². The predicted molar refractivity (Wildman–Crippen MR) is 321 cm³/mol. The number of hydrogen-bond donors (Lipinski definition) is 1. The Balaban J connectivity index is 0.000000300. The fraction of sp³-hybridized carbons (Fsp3) is 0.471. The van der Waals surface area contributed by atoms with Crippen LogP contribution in [0.2, 0.25) is 0 Å². The summed E-state index contributed by atoms with van der Waals surface area (Å²) < 4.78 is 0. The predicted octanol–water partition coefficient (Wildman–Crippen LogP) is 18.6. The largest absolute Gasteiger partial charge is 0.386 e. The van der Waals surface area contributed by atoms with Crippen molar-refractivity contribution in [3.05, 3.63) is 213 Å². The molecule has 0 bridgehead atoms. The lowest BCUT2D eigenvalue weighted by atomic mass is 9.93. The van der Waals surface area contributed by atoms with E-state index in [1.54, 1.807) is 0 Å². The average Bonchev–Trinajstić information content (AvgIpc) is 4.24. The molecule has 8 rings (SSSR count). The summed E-state index contributed by atoms with van der Waals surface area (Å²) in [6.07, 6.45) is 16.9. The molecule has 6 aromatic heterocycles. The standard InChI is InChI=1S/C12H18O.C11H15N.C10H15N.3C9H13N.C8H11N/c1-9(2)10-6-5-7-11(8-10)12(3,4)13;1-8(2)10-5-6-12-11(7-10)9-3-4-9;1-4-10-6-5-9(7-11-10)8(2)3;3*1-7(2)9-4-5-10-8(3)6-9;1-7(2)8-3-5-9-6-4-8/h5-9,13H,1-4H3;5-9H,3-4H2,1-2H3;5-8H,4H2,1-3H3;3*4-7H,1-3H3;3-7H,1-2H3. The summed E-state index contributed by atoms with van der Waals surface area (Å²) in [5.74, 6) is 4.98. The smallest absolute Gasteiger partial charge is 0.0840 e. The molecule has 0 atom stereocenters. The molecular formula is C68H98N6O. The maximum Gasteiger partial charge on any atom is 0.0840 e. The summed E-state index contributed by atoms with van der Waals surface area (Å²) in [5.41, 5.74) is 15.5. The van der Waals surface area contributed by atoms with Gasteiger partial charge in [-0.25, -0.2) is 0 Å². The van der Waals surface area contributed by atoms with Crippen LogP contribution in [-0.4, -0.2) is 35.0 Å². The maximum atomic E-state index is 9.80. The van der Waals surface area contributed by atoms with E-state index in [0.29, 0.717) is 41.4 Å². The van der Waals surface area contributed by atoms with Crippen LogP contribution in [0.15, 0.2) is 140 Å². The lowest BCUT2D eigenvalue weighted by molar-refractivity contribution is 0.0785. The van der Waals surface area contributed by atoms with Gasteiger partial charge in [0.1, 0.15) is 0 Å². The van der Waals surface area contributed by atoms with Gasteiger partial charge in [0, 0.05) is 77.8 Å². The molecule has 75 heavy (non-hydrogen) atoms. The molecule has 1 aromatic carbocycles. The second-order valence-corrected chi connectivity index (χ2v) is 22.5. The Labute approximate surface area is 457 Å². The Morgan fingerprint density at radius 1 is 0.427 bits per heavy atom. The molecule has 0 unspecified atom stereocenters. The Morgan fingerprint density at radius 3 is 1.11 bits per heavy atom. The Bertz CT molecular complexity index is 2470. The SMILES string of the molecule is CC(C)c1cccc(C(C)(C)O)c1.CC(C)c1ccnc(C2CC2)c1.CC(C)c1ccncc1.CCc1ccc(C(C)C)cn1.Cc1cc(C(C)C)ccn1.Cc1cc(C(C)C)ccn1.Cc1cc(C(C)C)ccn1. The van der Waals surface area contributed by atoms with Crippen LogP contribution in [0.1, 0.15) is 251 Å². The topological polar surface area (TPSA) is 97.6 Å². The molecule has 1 aliphatic rings. The third-order valence-corrected chi connectivity index (χ3v) is 12.7. The number of rotatable bonds is 10. The van der Waals surface area contributed by atoms with Gasteiger partial charge >= 0.3 is 0 Å². The summed E-state index contributed by atoms with van der Waals surface area (Å²) in [5, 5.41) is 9.80. The molecule has 7 nitrogen and oxygen atoms in total. The van der Waals surface area contributed by atoms with Crippen molar-refractivity contribution in [3.8, 4) is 0 Å². The van der Waals surface area contributed by atoms with E-state index in [1.807, 2.05) is 102 Å². The summed E-state index contributed by atoms with van der Waals surface area (Å²) in [6, 6.07) is 33.5. The molecule has 7 aromatic rings. The minimum absolute atomic E-state index is 0.516. The first-order valence-corrected chi connectivity index (χ1v) is 27.7. The van der Waals surface area contributed by atoms with Gasteiger partial charge in [-0.2, -0.15) is 0 Å². The molecule has 0 amide bonds. The van der Waals surface area contributed by atoms with Crippen molar-refractivity contribution in [2.24, 2.45) is 0 Å². The van der Waals surface area contributed by atoms with E-state index in [4.69, 9.17) is 0 Å². The van der Waals surface area contributed by atoms with E-state index in [9.17, 15) is 5.11 Å². The number of pyridine rings is 6. The van der Waals surface area contributed by atoms with Gasteiger partial charge in [0.05, 0.1) is 5.60 Å². The lowest BCUT2D eigenvalue weighted by Gasteiger charge is -2.19. The molecule has 6 heterocycles. The summed E-state index contributed by atoms with van der Waals surface area (Å²) in [6.45, 7) is 42.4. The van der Waals surface area contributed by atoms with Gasteiger partial charge in [0.2, 0.25) is 0 Å². The van der Waals surface area contributed by atoms with Gasteiger partial charge in [0.15, 0.2) is 0 Å². The van der Waals surface area contributed by atoms with Crippen LogP contribution in [0.5, 0.6) is 0 Å². The first kappa shape index (κ1) is 65.2. The van der Waals surface area contributed by atoms with Crippen molar-refractivity contribution < 1.29 is 5.11 Å². The third-order valence-electron chi connectivity index (χ3n) is 12.7. The van der Waals surface area contributed by atoms with Gasteiger partial charge in [-0.3, -0.25) is 29.9 Å². The molecule has 1 fully saturated rings. The zero-order chi connectivity index (χ0) is 56.3. The Kier molecular flexibility index (Phi) is 29.5. The zero-order valence-corrected chi connectivity index (χ0v) is 50.1. The van der Waals surface area contributed by atoms with Gasteiger partial charge in [-0.05, 0) is 207 Å². The van der Waals surface area contributed by atoms with Crippen molar-refractivity contribution in [2.75, 3.05) is 0 Å². The van der Waals surface area contributed by atoms with E-state index in [-0.39, 0.29) is 0 Å². The number of aliphatic hydroxyl groups is 1. The second-order valence-electron chi connectivity index (χ2n) is 22.5. The van der Waals surface area contributed by atoms with Gasteiger partial charge in [-0.15, -0.1) is 0 Å². The Hall–Kier alpha value is -5.92. The van der Waals surface area contributed by atoms with Crippen LogP contribution in [0.25, 0.3) is 0 Å². The molecule has 1 N–H and O–H groups in total. The number of aryl methyl sites for hydroxylation is 4. The van der Waals surface area contributed by atoms with Gasteiger partial charge in [-0.1, -0.05) is 134 Å². The summed E-state index contributed by atoms with van der Waals surface area (Å²) in [4.78, 5) is 25.0. The van der Waals surface area contributed by atoms with E-state index < -0.39 is 5.60 Å². The first-order chi connectivity index (χ1) is 35.3. The third kappa shape index (κ3) is 26.9. The van der Waals surface area contributed by atoms with E-state index in [2.05, 4.69) is 207 Å². The molecule has 0 aliphatic heterocycles. The second kappa shape index (κ2) is 33.9. The molecular weight excluding hydrogens is 917 g/mol. The number of hydrogen-bond acceptors (Lipinski definition) is 7. The maximum absolute atomic E-state index is 9.80. The minimum atomic E-state index is -0.731. The van der Waals surface area contributed by atoms with Gasteiger partial charge < -0.3 is 5.11 Å². The van der Waals surface area contributed by atoms with Crippen molar-refractivity contribution >= 4 is 0 Å². The number of benzene rings is 1. The summed E-state index contributed by atoms with van der Waals surface area (Å²) >= 11 is 0. The first-order valence-electron chi connectivity index (χ1n) is 27.7. The zero-order valence-electron chi connectivity index (χ0n) is 50.1. The summed E-state index contributed by atoms with van der Waals surface area (Å²) in [7, 11) is 0. The van der Waals surface area contributed by atoms with Crippen LogP contribution >= 0.6 is 0 Å². The van der Waals surface area contributed by atoms with E-state index in [1.165, 1.54) is 63.2 Å². The van der Waals surface area contributed by atoms with E-state index >= 15 is 0 Å². The van der Waals surface area contributed by atoms with Crippen molar-refractivity contribution in [1.29, 1.82) is 0 Å². The van der Waals surface area contributed by atoms with Gasteiger partial charge in [0.25, 0.3) is 0 Å². The highest BCUT2D eigenvalue weighted by atomic mass is 16.3. The number of nitrogens with zero attached hydrogens (tertiary/aromatic N) is 6. The quantitative estimate of drug-likeness (QED) is 0.146. The van der Waals surface area contributed by atoms with Crippen LogP contribution in [0.4, 0.5) is 0 Å². The molecule has 0 spiro atoms. The van der Waals surface area contributed by atoms with Crippen LogP contribution in [0.3, 0.4) is 0 Å². The highest BCUT2D eigenvalue weighted by Gasteiger charge is 2.25. The fourth-order valence-electron chi connectivity index (χ4n) is 7.22. The molecule has 0 radical (unpaired) electrons. The monoisotopic (exact) mass is 1010 g/mol. The lowest BCUT2D eigenvalue weighted by Crippen LogP contribution is -2.15. The van der Waals surface area contributed by atoms with Crippen molar-refractivity contribution in [2.45, 2.75) is 211 Å². The highest BCUT2D eigenvalue weighted by Crippen LogP contribution is 2.39. The molecule has 7 heteroatoms. The molecule has 406 valence electrons. The van der Waals surface area contributed by atoms with Crippen LogP contribution < -0.4 is 0 Å². The van der Waals surface area contributed by atoms with E-state index in [0.717, 1.165) is 35.0 Å². The Morgan fingerprint density at radius 2 is 0.800 bits per heavy atom. The minimum Gasteiger partial charge on any atom is -0.386 e. The van der Waals surface area contributed by atoms with Crippen LogP contribution in [-0.2, 0) is 12.0 Å². The normalized spacial score (nSPS) is 11.7. The van der Waals surface area contributed by atoms with Crippen molar-refractivity contribution in [1.82, 2.24) is 29.9 Å². The molecule has 1 aliphatic carbocycles. The molecule has 1 saturated carbocycles.